The molecule has 4 rings (SSSR count). The van der Waals surface area contributed by atoms with Gasteiger partial charge in [-0.1, -0.05) is 16.9 Å². The van der Waals surface area contributed by atoms with E-state index in [2.05, 4.69) is 31.1 Å². The van der Waals surface area contributed by atoms with Crippen LogP contribution in [0.5, 0.6) is 0 Å². The second-order valence-electron chi connectivity index (χ2n) is 4.83. The first-order valence-corrected chi connectivity index (χ1v) is 10.3. The van der Waals surface area contributed by atoms with Gasteiger partial charge in [-0.05, 0) is 33.4 Å². The van der Waals surface area contributed by atoms with Crippen molar-refractivity contribution in [2.75, 3.05) is 0 Å². The topological polar surface area (TPSA) is 73.8 Å². The molecule has 0 radical (unpaired) electrons. The number of thioether (sulfide) groups is 1. The van der Waals surface area contributed by atoms with Gasteiger partial charge in [0.2, 0.25) is 11.7 Å². The molecule has 6 nitrogen and oxygen atoms in total. The molecule has 0 amide bonds. The summed E-state index contributed by atoms with van der Waals surface area (Å²) in [5, 5.41) is 9.12. The molecule has 4 aromatic rings. The fourth-order valence-corrected chi connectivity index (χ4v) is 5.05. The third-order valence-electron chi connectivity index (χ3n) is 3.24. The fraction of sp³-hybridized carbons (Fsp3) is 0.143. The lowest BCUT2D eigenvalue weighted by Crippen LogP contribution is -2.19. The van der Waals surface area contributed by atoms with E-state index in [0.717, 1.165) is 14.2 Å². The first-order valence-electron chi connectivity index (χ1n) is 6.76. The average Bonchev–Trinajstić information content (AvgIpc) is 3.29. The van der Waals surface area contributed by atoms with Gasteiger partial charge < -0.3 is 4.52 Å². The fourth-order valence-electron chi connectivity index (χ4n) is 2.08. The number of halogens is 1. The summed E-state index contributed by atoms with van der Waals surface area (Å²) in [7, 11) is 1.72. The first-order chi connectivity index (χ1) is 11.6. The highest BCUT2D eigenvalue weighted by Gasteiger charge is 2.14. The van der Waals surface area contributed by atoms with Crippen LogP contribution in [0.4, 0.5) is 0 Å². The van der Waals surface area contributed by atoms with Crippen molar-refractivity contribution < 1.29 is 4.52 Å². The highest BCUT2D eigenvalue weighted by atomic mass is 79.9. The predicted octanol–water partition coefficient (Wildman–Crippen LogP) is 4.16. The maximum atomic E-state index is 12.3. The minimum absolute atomic E-state index is 0.0431. The molecule has 0 aliphatic heterocycles. The molecule has 0 aromatic carbocycles. The Balaban J connectivity index is 1.56. The van der Waals surface area contributed by atoms with E-state index >= 15 is 0 Å². The number of hydrogen-bond acceptors (Lipinski definition) is 8. The lowest BCUT2D eigenvalue weighted by molar-refractivity contribution is 0.391. The van der Waals surface area contributed by atoms with E-state index in [1.54, 1.807) is 29.0 Å². The Kier molecular flexibility index (Phi) is 4.29. The third-order valence-corrected chi connectivity index (χ3v) is 6.75. The minimum atomic E-state index is -0.0431. The highest BCUT2D eigenvalue weighted by molar-refractivity contribution is 9.10. The average molecular weight is 441 g/mol. The smallest absolute Gasteiger partial charge is 0.262 e. The summed E-state index contributed by atoms with van der Waals surface area (Å²) in [6, 6.07) is 3.75. The summed E-state index contributed by atoms with van der Waals surface area (Å²) in [6.07, 6.45) is 0. The lowest BCUT2D eigenvalue weighted by atomic mass is 10.4. The zero-order chi connectivity index (χ0) is 16.7. The van der Waals surface area contributed by atoms with E-state index in [-0.39, 0.29) is 5.56 Å². The van der Waals surface area contributed by atoms with Gasteiger partial charge >= 0.3 is 0 Å². The standard InChI is InChI=1S/C14H9BrN4O2S3/c1-19-13(20)8-2-3-22-12(8)17-14(19)24-6-10-16-11(18-21-10)9-4-7(15)5-23-9/h2-5H,6H2,1H3. The minimum Gasteiger partial charge on any atom is -0.338 e. The predicted molar refractivity (Wildman–Crippen MR) is 99.7 cm³/mol. The second kappa shape index (κ2) is 6.43. The molecule has 10 heteroatoms. The summed E-state index contributed by atoms with van der Waals surface area (Å²) in [5.41, 5.74) is -0.0431. The lowest BCUT2D eigenvalue weighted by Gasteiger charge is -2.05. The first kappa shape index (κ1) is 16.0. The van der Waals surface area contributed by atoms with E-state index in [9.17, 15) is 4.79 Å². The normalized spacial score (nSPS) is 11.4. The van der Waals surface area contributed by atoms with Gasteiger partial charge in [-0.3, -0.25) is 9.36 Å². The van der Waals surface area contributed by atoms with Gasteiger partial charge in [0, 0.05) is 16.9 Å². The number of nitrogens with zero attached hydrogens (tertiary/aromatic N) is 4. The largest absolute Gasteiger partial charge is 0.338 e. The zero-order valence-electron chi connectivity index (χ0n) is 12.2. The Bertz CT molecular complexity index is 1080. The van der Waals surface area contributed by atoms with Gasteiger partial charge in [0.25, 0.3) is 5.56 Å². The van der Waals surface area contributed by atoms with Crippen LogP contribution in [-0.4, -0.2) is 19.7 Å². The van der Waals surface area contributed by atoms with Crippen LogP contribution in [0.15, 0.2) is 41.8 Å². The second-order valence-corrected chi connectivity index (χ2v) is 8.49. The maximum Gasteiger partial charge on any atom is 0.262 e. The van der Waals surface area contributed by atoms with Crippen LogP contribution in [0, 0.1) is 0 Å². The Morgan fingerprint density at radius 3 is 3.04 bits per heavy atom. The van der Waals surface area contributed by atoms with Crippen LogP contribution in [0.2, 0.25) is 0 Å². The van der Waals surface area contributed by atoms with E-state index in [1.165, 1.54) is 23.1 Å². The Hall–Kier alpha value is -1.49. The van der Waals surface area contributed by atoms with Crippen molar-refractivity contribution in [3.8, 4) is 10.7 Å². The van der Waals surface area contributed by atoms with Gasteiger partial charge in [-0.25, -0.2) is 4.98 Å². The van der Waals surface area contributed by atoms with Crippen molar-refractivity contribution >= 4 is 60.6 Å². The van der Waals surface area contributed by atoms with Crippen LogP contribution in [0.3, 0.4) is 0 Å². The molecule has 0 aliphatic rings. The Labute approximate surface area is 156 Å². The van der Waals surface area contributed by atoms with E-state index in [4.69, 9.17) is 4.52 Å². The SMILES string of the molecule is Cn1c(SCc2nc(-c3cc(Br)cs3)no2)nc2sccc2c1=O. The summed E-state index contributed by atoms with van der Waals surface area (Å²) in [4.78, 5) is 22.9. The third kappa shape index (κ3) is 2.94. The molecule has 24 heavy (non-hydrogen) atoms. The molecular weight excluding hydrogens is 432 g/mol. The van der Waals surface area contributed by atoms with Crippen molar-refractivity contribution in [3.63, 3.8) is 0 Å². The van der Waals surface area contributed by atoms with Gasteiger partial charge in [0.05, 0.1) is 16.0 Å². The Morgan fingerprint density at radius 1 is 1.38 bits per heavy atom. The molecule has 0 saturated heterocycles. The van der Waals surface area contributed by atoms with Crippen molar-refractivity contribution in [1.29, 1.82) is 0 Å². The number of thiophene rings is 2. The molecule has 0 N–H and O–H groups in total. The van der Waals surface area contributed by atoms with Gasteiger partial charge in [-0.2, -0.15) is 4.98 Å². The van der Waals surface area contributed by atoms with Crippen LogP contribution in [0.1, 0.15) is 5.89 Å². The highest BCUT2D eigenvalue weighted by Crippen LogP contribution is 2.29. The van der Waals surface area contributed by atoms with E-state index < -0.39 is 0 Å². The summed E-state index contributed by atoms with van der Waals surface area (Å²) in [6.45, 7) is 0. The quantitative estimate of drug-likeness (QED) is 0.350. The monoisotopic (exact) mass is 440 g/mol. The maximum absolute atomic E-state index is 12.3. The molecule has 0 fully saturated rings. The van der Waals surface area contributed by atoms with Crippen molar-refractivity contribution in [1.82, 2.24) is 19.7 Å². The molecule has 0 spiro atoms. The molecule has 0 aliphatic carbocycles. The Morgan fingerprint density at radius 2 is 2.25 bits per heavy atom. The molecule has 0 atom stereocenters. The molecule has 4 aromatic heterocycles. The van der Waals surface area contributed by atoms with Crippen LogP contribution >= 0.6 is 50.4 Å². The van der Waals surface area contributed by atoms with Crippen molar-refractivity contribution in [2.24, 2.45) is 7.05 Å². The van der Waals surface area contributed by atoms with Crippen LogP contribution in [-0.2, 0) is 12.8 Å². The van der Waals surface area contributed by atoms with Crippen molar-refractivity contribution in [2.45, 2.75) is 10.9 Å². The summed E-state index contributed by atoms with van der Waals surface area (Å²) >= 11 is 7.81. The molecule has 0 saturated carbocycles. The van der Waals surface area contributed by atoms with Crippen LogP contribution < -0.4 is 5.56 Å². The number of hydrogen-bond donors (Lipinski definition) is 0. The van der Waals surface area contributed by atoms with E-state index in [1.807, 2.05) is 16.8 Å². The molecular formula is C14H9BrN4O2S3. The van der Waals surface area contributed by atoms with Gasteiger partial charge in [0.15, 0.2) is 5.16 Å². The number of fused-ring (bicyclic) bond motifs is 1. The summed E-state index contributed by atoms with van der Waals surface area (Å²) < 4.78 is 7.83. The summed E-state index contributed by atoms with van der Waals surface area (Å²) in [5.74, 6) is 1.52. The molecule has 0 unspecified atom stereocenters. The molecule has 122 valence electrons. The number of rotatable bonds is 4. The van der Waals surface area contributed by atoms with Crippen molar-refractivity contribution in [3.05, 3.63) is 43.6 Å². The number of aromatic nitrogens is 4. The molecule has 0 bridgehead atoms. The van der Waals surface area contributed by atoms with Gasteiger partial charge in [0.1, 0.15) is 4.83 Å². The van der Waals surface area contributed by atoms with Gasteiger partial charge in [-0.15, -0.1) is 22.7 Å². The van der Waals surface area contributed by atoms with Crippen LogP contribution in [0.25, 0.3) is 20.9 Å². The van der Waals surface area contributed by atoms with E-state index in [0.29, 0.717) is 28.0 Å². The zero-order valence-corrected chi connectivity index (χ0v) is 16.3. The molecule has 4 heterocycles.